The van der Waals surface area contributed by atoms with Gasteiger partial charge in [-0.3, -0.25) is 14.5 Å². The number of nitrogens with zero attached hydrogens (tertiary/aromatic N) is 2. The quantitative estimate of drug-likeness (QED) is 0.115. The van der Waals surface area contributed by atoms with Gasteiger partial charge in [0.05, 0.1) is 13.2 Å². The molecule has 2 aromatic carbocycles. The summed E-state index contributed by atoms with van der Waals surface area (Å²) in [6, 6.07) is 14.6. The fourth-order valence-electron chi connectivity index (χ4n) is 5.63. The van der Waals surface area contributed by atoms with Crippen LogP contribution in [0, 0.1) is 6.92 Å². The summed E-state index contributed by atoms with van der Waals surface area (Å²) in [6.07, 6.45) is 22.9. The fraction of sp³-hybridized carbons (Fsp3) is 0.526. The van der Waals surface area contributed by atoms with Crippen LogP contribution in [0.25, 0.3) is 0 Å². The Balaban J connectivity index is 1.52. The minimum Gasteiger partial charge on any atom is -0.494 e. The van der Waals surface area contributed by atoms with Crippen molar-refractivity contribution >= 4 is 11.8 Å². The molecule has 43 heavy (non-hydrogen) atoms. The second-order valence-corrected chi connectivity index (χ2v) is 11.8. The molecule has 0 N–H and O–H groups in total. The standard InChI is InChI=1S/C38H54N2O3/c1-4-6-7-8-9-10-11-12-13-14-15-21-29-43-35-25-26-36(32(3)30-35)38(42)40(37(41)33-22-17-16-18-23-33)31-34-24-19-20-28-39(34)27-5-2/h16-20,22-26,30H,4-15,21,27-29,31H2,1-3H3. The summed E-state index contributed by atoms with van der Waals surface area (Å²) in [6.45, 7) is 8.89. The molecular weight excluding hydrogens is 532 g/mol. The number of ether oxygens (including phenoxy) is 1. The van der Waals surface area contributed by atoms with Crippen molar-refractivity contribution in [2.45, 2.75) is 104 Å². The van der Waals surface area contributed by atoms with E-state index in [0.717, 1.165) is 42.9 Å². The molecule has 0 bridgehead atoms. The van der Waals surface area contributed by atoms with Crippen molar-refractivity contribution in [2.75, 3.05) is 26.2 Å². The van der Waals surface area contributed by atoms with Gasteiger partial charge in [0.15, 0.2) is 0 Å². The van der Waals surface area contributed by atoms with Crippen LogP contribution in [0.2, 0.25) is 0 Å². The van der Waals surface area contributed by atoms with Crippen LogP contribution in [0.3, 0.4) is 0 Å². The van der Waals surface area contributed by atoms with Crippen molar-refractivity contribution in [1.82, 2.24) is 9.80 Å². The van der Waals surface area contributed by atoms with Crippen LogP contribution in [-0.4, -0.2) is 47.9 Å². The summed E-state index contributed by atoms with van der Waals surface area (Å²) in [4.78, 5) is 31.2. The molecule has 0 fully saturated rings. The summed E-state index contributed by atoms with van der Waals surface area (Å²) in [5, 5.41) is 0. The lowest BCUT2D eigenvalue weighted by Crippen LogP contribution is -2.42. The number of benzene rings is 2. The lowest BCUT2D eigenvalue weighted by atomic mass is 10.1. The zero-order chi connectivity index (χ0) is 30.7. The molecule has 0 atom stereocenters. The number of rotatable bonds is 20. The van der Waals surface area contributed by atoms with E-state index in [1.807, 2.05) is 49.4 Å². The van der Waals surface area contributed by atoms with Gasteiger partial charge in [0.25, 0.3) is 11.8 Å². The number of hydrogen-bond acceptors (Lipinski definition) is 4. The molecule has 1 aliphatic heterocycles. The zero-order valence-electron chi connectivity index (χ0n) is 27.0. The van der Waals surface area contributed by atoms with Gasteiger partial charge in [-0.25, -0.2) is 0 Å². The van der Waals surface area contributed by atoms with Crippen molar-refractivity contribution in [2.24, 2.45) is 0 Å². The Morgan fingerprint density at radius 2 is 1.44 bits per heavy atom. The topological polar surface area (TPSA) is 49.9 Å². The van der Waals surface area contributed by atoms with Crippen molar-refractivity contribution in [3.05, 3.63) is 89.1 Å². The maximum atomic E-state index is 13.9. The molecular formula is C38H54N2O3. The summed E-state index contributed by atoms with van der Waals surface area (Å²) in [5.41, 5.74) is 2.81. The van der Waals surface area contributed by atoms with E-state index in [1.54, 1.807) is 18.2 Å². The highest BCUT2D eigenvalue weighted by Gasteiger charge is 2.28. The smallest absolute Gasteiger partial charge is 0.261 e. The highest BCUT2D eigenvalue weighted by molar-refractivity contribution is 6.11. The van der Waals surface area contributed by atoms with Gasteiger partial charge < -0.3 is 9.64 Å². The number of hydrogen-bond donors (Lipinski definition) is 0. The number of carbonyl (C=O) groups excluding carboxylic acids is 2. The fourth-order valence-corrected chi connectivity index (χ4v) is 5.63. The second-order valence-electron chi connectivity index (χ2n) is 11.8. The molecule has 0 saturated heterocycles. The Morgan fingerprint density at radius 3 is 2.07 bits per heavy atom. The molecule has 234 valence electrons. The predicted molar refractivity (Wildman–Crippen MR) is 179 cm³/mol. The average molecular weight is 587 g/mol. The molecule has 0 aromatic heterocycles. The van der Waals surface area contributed by atoms with E-state index < -0.39 is 0 Å². The third-order valence-corrected chi connectivity index (χ3v) is 8.18. The number of aryl methyl sites for hydroxylation is 1. The maximum Gasteiger partial charge on any atom is 0.261 e. The minimum absolute atomic E-state index is 0.230. The molecule has 1 aliphatic rings. The third kappa shape index (κ3) is 11.7. The van der Waals surface area contributed by atoms with E-state index in [-0.39, 0.29) is 18.4 Å². The van der Waals surface area contributed by atoms with Crippen molar-refractivity contribution in [3.8, 4) is 5.75 Å². The molecule has 0 unspecified atom stereocenters. The Morgan fingerprint density at radius 1 is 0.791 bits per heavy atom. The Kier molecular flexibility index (Phi) is 15.7. The minimum atomic E-state index is -0.288. The number of unbranched alkanes of at least 4 members (excludes halogenated alkanes) is 11. The summed E-state index contributed by atoms with van der Waals surface area (Å²) < 4.78 is 6.04. The van der Waals surface area contributed by atoms with Crippen LogP contribution >= 0.6 is 0 Å². The molecule has 2 aromatic rings. The van der Waals surface area contributed by atoms with Crippen molar-refractivity contribution in [3.63, 3.8) is 0 Å². The lowest BCUT2D eigenvalue weighted by molar-refractivity contribution is 0.0619. The molecule has 2 amide bonds. The second kappa shape index (κ2) is 19.8. The van der Waals surface area contributed by atoms with Crippen LogP contribution in [0.1, 0.15) is 124 Å². The number of carbonyl (C=O) groups is 2. The molecule has 5 heteroatoms. The number of allylic oxidation sites excluding steroid dienone is 2. The molecule has 0 saturated carbocycles. The van der Waals surface area contributed by atoms with Gasteiger partial charge in [-0.05, 0) is 61.7 Å². The van der Waals surface area contributed by atoms with Gasteiger partial charge in [-0.2, -0.15) is 0 Å². The van der Waals surface area contributed by atoms with Gasteiger partial charge in [-0.15, -0.1) is 0 Å². The molecule has 0 spiro atoms. The normalized spacial score (nSPS) is 12.7. The Hall–Kier alpha value is -3.34. The molecule has 0 radical (unpaired) electrons. The largest absolute Gasteiger partial charge is 0.494 e. The van der Waals surface area contributed by atoms with Crippen LogP contribution in [-0.2, 0) is 0 Å². The Bertz CT molecular complexity index is 1170. The predicted octanol–water partition coefficient (Wildman–Crippen LogP) is 9.52. The van der Waals surface area contributed by atoms with Gasteiger partial charge in [0, 0.05) is 29.9 Å². The maximum absolute atomic E-state index is 13.9. The average Bonchev–Trinajstić information content (AvgIpc) is 3.03. The number of imide groups is 1. The van der Waals surface area contributed by atoms with E-state index >= 15 is 0 Å². The van der Waals surface area contributed by atoms with Crippen molar-refractivity contribution in [1.29, 1.82) is 0 Å². The first-order valence-electron chi connectivity index (χ1n) is 16.8. The molecule has 0 aliphatic carbocycles. The van der Waals surface area contributed by atoms with E-state index in [2.05, 4.69) is 24.8 Å². The van der Waals surface area contributed by atoms with Gasteiger partial charge >= 0.3 is 0 Å². The van der Waals surface area contributed by atoms with Gasteiger partial charge in [-0.1, -0.05) is 115 Å². The molecule has 1 heterocycles. The van der Waals surface area contributed by atoms with E-state index in [4.69, 9.17) is 4.74 Å². The van der Waals surface area contributed by atoms with Gasteiger partial charge in [0.1, 0.15) is 5.75 Å². The van der Waals surface area contributed by atoms with Gasteiger partial charge in [0.2, 0.25) is 0 Å². The van der Waals surface area contributed by atoms with Crippen molar-refractivity contribution < 1.29 is 14.3 Å². The lowest BCUT2D eigenvalue weighted by Gasteiger charge is -2.32. The highest BCUT2D eigenvalue weighted by atomic mass is 16.5. The summed E-state index contributed by atoms with van der Waals surface area (Å²) in [7, 11) is 0. The molecule has 5 nitrogen and oxygen atoms in total. The third-order valence-electron chi connectivity index (χ3n) is 8.18. The summed E-state index contributed by atoms with van der Waals surface area (Å²) >= 11 is 0. The van der Waals surface area contributed by atoms with Crippen LogP contribution < -0.4 is 4.74 Å². The van der Waals surface area contributed by atoms with E-state index in [0.29, 0.717) is 17.7 Å². The zero-order valence-corrected chi connectivity index (χ0v) is 27.0. The van der Waals surface area contributed by atoms with Crippen LogP contribution in [0.5, 0.6) is 5.75 Å². The SMILES string of the molecule is CCCCCCCCCCCCCCOc1ccc(C(=O)N(CC2=CC=CCN2CCC)C(=O)c2ccccc2)c(C)c1. The highest BCUT2D eigenvalue weighted by Crippen LogP contribution is 2.22. The Labute approximate surface area is 261 Å². The first kappa shape index (κ1) is 34.2. The first-order valence-corrected chi connectivity index (χ1v) is 16.8. The van der Waals surface area contributed by atoms with E-state index in [9.17, 15) is 9.59 Å². The van der Waals surface area contributed by atoms with Crippen LogP contribution in [0.4, 0.5) is 0 Å². The number of amides is 2. The van der Waals surface area contributed by atoms with Crippen LogP contribution in [0.15, 0.2) is 72.5 Å². The monoisotopic (exact) mass is 586 g/mol. The summed E-state index contributed by atoms with van der Waals surface area (Å²) in [5.74, 6) is 0.197. The molecule has 3 rings (SSSR count). The van der Waals surface area contributed by atoms with E-state index in [1.165, 1.54) is 75.5 Å². The first-order chi connectivity index (χ1) is 21.0.